The Hall–Kier alpha value is -4.06. The average molecular weight is 535 g/mol. The standard InChI is InChI=1S/C27H30N6O4S/c28-25(29)21-13-11-18(12-14-21)17-31-26(34)22-15-16-33(22)27(35)24(32-38(30,36)37)23(19-7-3-1-4-8-19)20-9-5-2-6-10-20/h1-14,22-24,32H,15-17H2,(H3,28,29)(H,31,34)(H2,30,36,37). The molecule has 0 aliphatic carbocycles. The number of carbonyl (C=O) groups excluding carboxylic acids is 2. The van der Waals surface area contributed by atoms with Crippen LogP contribution in [0.3, 0.4) is 0 Å². The van der Waals surface area contributed by atoms with Crippen LogP contribution >= 0.6 is 0 Å². The summed E-state index contributed by atoms with van der Waals surface area (Å²) < 4.78 is 26.7. The van der Waals surface area contributed by atoms with Gasteiger partial charge in [0.05, 0.1) is 0 Å². The van der Waals surface area contributed by atoms with Crippen LogP contribution in [0.1, 0.15) is 34.6 Å². The summed E-state index contributed by atoms with van der Waals surface area (Å²) in [6.45, 7) is 0.536. The van der Waals surface area contributed by atoms with Crippen molar-refractivity contribution < 1.29 is 18.0 Å². The molecule has 7 N–H and O–H groups in total. The Balaban J connectivity index is 1.55. The molecular weight excluding hydrogens is 504 g/mol. The average Bonchev–Trinajstić information content (AvgIpc) is 2.87. The summed E-state index contributed by atoms with van der Waals surface area (Å²) in [4.78, 5) is 28.2. The maximum absolute atomic E-state index is 13.8. The summed E-state index contributed by atoms with van der Waals surface area (Å²) in [7, 11) is -4.26. The smallest absolute Gasteiger partial charge is 0.275 e. The molecule has 2 amide bonds. The lowest BCUT2D eigenvalue weighted by Crippen LogP contribution is -2.63. The quantitative estimate of drug-likeness (QED) is 0.194. The van der Waals surface area contributed by atoms with Crippen molar-refractivity contribution in [3.05, 3.63) is 107 Å². The summed E-state index contributed by atoms with van der Waals surface area (Å²) in [6, 6.07) is 23.1. The monoisotopic (exact) mass is 534 g/mol. The zero-order chi connectivity index (χ0) is 27.3. The highest BCUT2D eigenvalue weighted by atomic mass is 32.2. The van der Waals surface area contributed by atoms with Gasteiger partial charge in [-0.15, -0.1) is 0 Å². The summed E-state index contributed by atoms with van der Waals surface area (Å²) in [5.41, 5.74) is 8.32. The second-order valence-corrected chi connectivity index (χ2v) is 10.4. The fourth-order valence-corrected chi connectivity index (χ4v) is 5.14. The summed E-state index contributed by atoms with van der Waals surface area (Å²) >= 11 is 0. The molecule has 2 atom stereocenters. The Kier molecular flexibility index (Phi) is 8.20. The molecule has 0 radical (unpaired) electrons. The fourth-order valence-electron chi connectivity index (χ4n) is 4.55. The maximum Gasteiger partial charge on any atom is 0.275 e. The minimum absolute atomic E-state index is 0.0452. The lowest BCUT2D eigenvalue weighted by molar-refractivity contribution is -0.149. The van der Waals surface area contributed by atoms with E-state index in [2.05, 4.69) is 10.0 Å². The number of hydrogen-bond acceptors (Lipinski definition) is 5. The van der Waals surface area contributed by atoms with E-state index in [0.29, 0.717) is 18.5 Å². The second-order valence-electron chi connectivity index (χ2n) is 9.10. The summed E-state index contributed by atoms with van der Waals surface area (Å²) in [5, 5.41) is 15.7. The summed E-state index contributed by atoms with van der Waals surface area (Å²) in [6.07, 6.45) is 0.449. The van der Waals surface area contributed by atoms with Gasteiger partial charge in [-0.25, -0.2) is 5.14 Å². The number of likely N-dealkylation sites (tertiary alicyclic amines) is 1. The van der Waals surface area contributed by atoms with Crippen LogP contribution in [0.25, 0.3) is 0 Å². The van der Waals surface area contributed by atoms with Crippen LogP contribution in [0.15, 0.2) is 84.9 Å². The molecule has 0 aromatic heterocycles. The van der Waals surface area contributed by atoms with Gasteiger partial charge >= 0.3 is 0 Å². The van der Waals surface area contributed by atoms with Crippen LogP contribution in [0.5, 0.6) is 0 Å². The van der Waals surface area contributed by atoms with Gasteiger partial charge in [0.25, 0.3) is 10.2 Å². The van der Waals surface area contributed by atoms with Crippen molar-refractivity contribution in [3.8, 4) is 0 Å². The van der Waals surface area contributed by atoms with Gasteiger partial charge in [-0.05, 0) is 23.1 Å². The van der Waals surface area contributed by atoms with Crippen molar-refractivity contribution in [2.75, 3.05) is 6.54 Å². The highest BCUT2D eigenvalue weighted by Gasteiger charge is 2.44. The molecule has 10 nitrogen and oxygen atoms in total. The molecule has 1 heterocycles. The van der Waals surface area contributed by atoms with Gasteiger partial charge in [0.15, 0.2) is 0 Å². The molecule has 38 heavy (non-hydrogen) atoms. The molecule has 0 spiro atoms. The molecule has 198 valence electrons. The molecule has 1 fully saturated rings. The predicted molar refractivity (Wildman–Crippen MR) is 144 cm³/mol. The van der Waals surface area contributed by atoms with Gasteiger partial charge in [-0.3, -0.25) is 15.0 Å². The minimum atomic E-state index is -4.26. The van der Waals surface area contributed by atoms with Crippen molar-refractivity contribution in [1.29, 1.82) is 5.41 Å². The van der Waals surface area contributed by atoms with Crippen molar-refractivity contribution in [1.82, 2.24) is 14.9 Å². The topological polar surface area (TPSA) is 171 Å². The van der Waals surface area contributed by atoms with Gasteiger partial charge in [0, 0.05) is 24.6 Å². The van der Waals surface area contributed by atoms with Crippen LogP contribution in [0.4, 0.5) is 0 Å². The number of nitrogens with two attached hydrogens (primary N) is 2. The lowest BCUT2D eigenvalue weighted by atomic mass is 9.84. The number of carbonyl (C=O) groups is 2. The number of nitrogens with zero attached hydrogens (tertiary/aromatic N) is 1. The molecule has 3 aromatic rings. The van der Waals surface area contributed by atoms with E-state index in [1.165, 1.54) is 4.90 Å². The molecule has 4 rings (SSSR count). The minimum Gasteiger partial charge on any atom is -0.384 e. The fraction of sp³-hybridized carbons (Fsp3) is 0.222. The Morgan fingerprint density at radius 1 is 0.947 bits per heavy atom. The molecular formula is C27H30N6O4S. The van der Waals surface area contributed by atoms with Gasteiger partial charge < -0.3 is 16.0 Å². The molecule has 0 bridgehead atoms. The van der Waals surface area contributed by atoms with E-state index >= 15 is 0 Å². The van der Waals surface area contributed by atoms with E-state index in [9.17, 15) is 18.0 Å². The Morgan fingerprint density at radius 2 is 1.50 bits per heavy atom. The van der Waals surface area contributed by atoms with Crippen LogP contribution in [0, 0.1) is 5.41 Å². The predicted octanol–water partition coefficient (Wildman–Crippen LogP) is 1.18. The number of hydrogen-bond donors (Lipinski definition) is 5. The Bertz CT molecular complexity index is 1360. The Labute approximate surface area is 221 Å². The lowest BCUT2D eigenvalue weighted by Gasteiger charge is -2.42. The molecule has 2 unspecified atom stereocenters. The number of nitrogen functional groups attached to an aromatic ring is 1. The van der Waals surface area contributed by atoms with Gasteiger partial charge in [-0.1, -0.05) is 84.9 Å². The maximum atomic E-state index is 13.8. The highest BCUT2D eigenvalue weighted by Crippen LogP contribution is 2.31. The van der Waals surface area contributed by atoms with E-state index in [-0.39, 0.29) is 18.3 Å². The molecule has 3 aromatic carbocycles. The van der Waals surface area contributed by atoms with E-state index in [4.69, 9.17) is 16.3 Å². The van der Waals surface area contributed by atoms with Crippen molar-refractivity contribution in [2.24, 2.45) is 10.9 Å². The molecule has 0 saturated carbocycles. The SMILES string of the molecule is N=C(N)c1ccc(CNC(=O)C2CCN2C(=O)C(NS(N)(=O)=O)C(c2ccccc2)c2ccccc2)cc1. The molecule has 1 aliphatic heterocycles. The third-order valence-electron chi connectivity index (χ3n) is 6.55. The first-order valence-electron chi connectivity index (χ1n) is 12.1. The number of rotatable bonds is 10. The van der Waals surface area contributed by atoms with E-state index in [0.717, 1.165) is 16.7 Å². The van der Waals surface area contributed by atoms with E-state index in [1.54, 1.807) is 24.3 Å². The molecule has 1 aliphatic rings. The van der Waals surface area contributed by atoms with Crippen LogP contribution in [-0.4, -0.2) is 49.6 Å². The first kappa shape index (κ1) is 27.0. The van der Waals surface area contributed by atoms with E-state index in [1.807, 2.05) is 60.7 Å². The first-order chi connectivity index (χ1) is 18.1. The Morgan fingerprint density at radius 3 is 1.95 bits per heavy atom. The molecule has 11 heteroatoms. The van der Waals surface area contributed by atoms with Crippen LogP contribution in [-0.2, 0) is 26.3 Å². The summed E-state index contributed by atoms with van der Waals surface area (Å²) in [5.74, 6) is -1.59. The van der Waals surface area contributed by atoms with Crippen LogP contribution < -0.4 is 20.9 Å². The van der Waals surface area contributed by atoms with Crippen molar-refractivity contribution in [2.45, 2.75) is 31.0 Å². The number of amides is 2. The van der Waals surface area contributed by atoms with Crippen molar-refractivity contribution >= 4 is 27.9 Å². The second kappa shape index (κ2) is 11.5. The zero-order valence-corrected chi connectivity index (χ0v) is 21.4. The van der Waals surface area contributed by atoms with Gasteiger partial charge in [0.1, 0.15) is 17.9 Å². The van der Waals surface area contributed by atoms with Gasteiger partial charge in [0.2, 0.25) is 11.8 Å². The third-order valence-corrected chi connectivity index (χ3v) is 7.13. The third kappa shape index (κ3) is 6.43. The zero-order valence-electron chi connectivity index (χ0n) is 20.6. The van der Waals surface area contributed by atoms with Crippen molar-refractivity contribution in [3.63, 3.8) is 0 Å². The number of benzene rings is 3. The van der Waals surface area contributed by atoms with Crippen LogP contribution in [0.2, 0.25) is 0 Å². The highest BCUT2D eigenvalue weighted by molar-refractivity contribution is 7.87. The largest absolute Gasteiger partial charge is 0.384 e. The normalized spacial score (nSPS) is 15.9. The number of amidine groups is 1. The first-order valence-corrected chi connectivity index (χ1v) is 13.6. The van der Waals surface area contributed by atoms with E-state index < -0.39 is 34.1 Å². The van der Waals surface area contributed by atoms with Gasteiger partial charge in [-0.2, -0.15) is 13.1 Å². The molecule has 1 saturated heterocycles. The number of nitrogens with one attached hydrogen (secondary N) is 3.